The van der Waals surface area contributed by atoms with E-state index in [9.17, 15) is 18.4 Å². The number of likely N-dealkylation sites (N-methyl/N-ethyl adjacent to an activating group) is 1. The van der Waals surface area contributed by atoms with Crippen LogP contribution in [0.5, 0.6) is 0 Å². The summed E-state index contributed by atoms with van der Waals surface area (Å²) in [5.74, 6) is -1.23. The summed E-state index contributed by atoms with van der Waals surface area (Å²) < 4.78 is 37.7. The molecular formula is C23H22F2N2O4. The minimum atomic E-state index is -0.583. The topological polar surface area (TPSA) is 72.6 Å². The first kappa shape index (κ1) is 22.1. The van der Waals surface area contributed by atoms with Gasteiger partial charge in [0.05, 0.1) is 18.2 Å². The summed E-state index contributed by atoms with van der Waals surface area (Å²) in [6, 6.07) is 12.1. The van der Waals surface area contributed by atoms with Gasteiger partial charge < -0.3 is 14.1 Å². The van der Waals surface area contributed by atoms with Gasteiger partial charge >= 0.3 is 5.97 Å². The van der Waals surface area contributed by atoms with Crippen LogP contribution in [0.3, 0.4) is 0 Å². The first-order valence-electron chi connectivity index (χ1n) is 9.83. The minimum Gasteiger partial charge on any atom is -0.456 e. The van der Waals surface area contributed by atoms with Gasteiger partial charge in [-0.3, -0.25) is 9.59 Å². The summed E-state index contributed by atoms with van der Waals surface area (Å²) in [6.45, 7) is 1.99. The monoisotopic (exact) mass is 428 g/mol. The average molecular weight is 428 g/mol. The maximum absolute atomic E-state index is 13.8. The van der Waals surface area contributed by atoms with E-state index >= 15 is 0 Å². The molecule has 0 unspecified atom stereocenters. The third-order valence-electron chi connectivity index (χ3n) is 4.59. The van der Waals surface area contributed by atoms with Crippen molar-refractivity contribution in [2.24, 2.45) is 0 Å². The molecule has 0 saturated carbocycles. The van der Waals surface area contributed by atoms with Crippen LogP contribution in [0.25, 0.3) is 11.3 Å². The maximum atomic E-state index is 13.8. The number of benzene rings is 2. The van der Waals surface area contributed by atoms with Crippen molar-refractivity contribution in [3.05, 3.63) is 77.8 Å². The first-order valence-corrected chi connectivity index (χ1v) is 9.83. The van der Waals surface area contributed by atoms with E-state index in [1.165, 1.54) is 29.3 Å². The molecule has 0 spiro atoms. The number of carbonyl (C=O) groups is 2. The van der Waals surface area contributed by atoms with E-state index in [2.05, 4.69) is 4.98 Å². The van der Waals surface area contributed by atoms with E-state index in [-0.39, 0.29) is 48.3 Å². The number of halogens is 2. The van der Waals surface area contributed by atoms with Crippen molar-refractivity contribution in [1.82, 2.24) is 9.88 Å². The largest absolute Gasteiger partial charge is 0.456 e. The number of esters is 1. The minimum absolute atomic E-state index is 0.0411. The number of aryl methyl sites for hydroxylation is 1. The van der Waals surface area contributed by atoms with Crippen LogP contribution >= 0.6 is 0 Å². The lowest BCUT2D eigenvalue weighted by Gasteiger charge is -2.20. The van der Waals surface area contributed by atoms with Crippen molar-refractivity contribution < 1.29 is 27.5 Å². The molecule has 2 aromatic carbocycles. The second-order valence-corrected chi connectivity index (χ2v) is 6.80. The molecule has 0 aliphatic rings. The lowest BCUT2D eigenvalue weighted by Crippen LogP contribution is -2.34. The van der Waals surface area contributed by atoms with Crippen molar-refractivity contribution in [3.63, 3.8) is 0 Å². The average Bonchev–Trinajstić information content (AvgIpc) is 3.23. The lowest BCUT2D eigenvalue weighted by atomic mass is 10.2. The summed E-state index contributed by atoms with van der Waals surface area (Å²) >= 11 is 0. The molecule has 1 heterocycles. The molecule has 0 aliphatic heterocycles. The van der Waals surface area contributed by atoms with Gasteiger partial charge in [0.15, 0.2) is 18.3 Å². The number of hydrogen-bond donors (Lipinski definition) is 0. The van der Waals surface area contributed by atoms with Crippen LogP contribution in [0.1, 0.15) is 24.8 Å². The molecule has 0 atom stereocenters. The Morgan fingerprint density at radius 1 is 1.13 bits per heavy atom. The van der Waals surface area contributed by atoms with Crippen molar-refractivity contribution in [2.75, 3.05) is 13.2 Å². The Hall–Kier alpha value is -3.55. The Balaban J connectivity index is 1.46. The smallest absolute Gasteiger partial charge is 0.306 e. The van der Waals surface area contributed by atoms with Crippen LogP contribution in [-0.4, -0.2) is 34.9 Å². The number of oxazole rings is 1. The molecule has 0 radical (unpaired) electrons. The fourth-order valence-electron chi connectivity index (χ4n) is 2.96. The number of rotatable bonds is 9. The Labute approximate surface area is 178 Å². The summed E-state index contributed by atoms with van der Waals surface area (Å²) in [7, 11) is 0. The SMILES string of the molecule is CCN(Cc1cccc(F)c1)C(=O)COC(=O)CCc1ncc(-c2ccccc2F)o1. The number of nitrogens with zero attached hydrogens (tertiary/aromatic N) is 2. The van der Waals surface area contributed by atoms with E-state index in [1.807, 2.05) is 0 Å². The normalized spacial score (nSPS) is 10.7. The third-order valence-corrected chi connectivity index (χ3v) is 4.59. The highest BCUT2D eigenvalue weighted by Crippen LogP contribution is 2.23. The predicted octanol–water partition coefficient (Wildman–Crippen LogP) is 4.14. The maximum Gasteiger partial charge on any atom is 0.306 e. The highest BCUT2D eigenvalue weighted by Gasteiger charge is 2.16. The van der Waals surface area contributed by atoms with Crippen molar-refractivity contribution in [3.8, 4) is 11.3 Å². The van der Waals surface area contributed by atoms with Gasteiger partial charge in [-0.05, 0) is 36.8 Å². The van der Waals surface area contributed by atoms with Crippen LogP contribution in [0.2, 0.25) is 0 Å². The molecule has 3 aromatic rings. The molecule has 8 heteroatoms. The first-order chi connectivity index (χ1) is 15.0. The molecule has 1 amide bonds. The van der Waals surface area contributed by atoms with Crippen molar-refractivity contribution in [1.29, 1.82) is 0 Å². The van der Waals surface area contributed by atoms with Gasteiger partial charge in [-0.25, -0.2) is 13.8 Å². The molecule has 0 fully saturated rings. The Bertz CT molecular complexity index is 1050. The van der Waals surface area contributed by atoms with E-state index in [4.69, 9.17) is 9.15 Å². The molecular weight excluding hydrogens is 406 g/mol. The molecule has 3 rings (SSSR count). The molecule has 0 N–H and O–H groups in total. The molecule has 1 aromatic heterocycles. The van der Waals surface area contributed by atoms with Crippen molar-refractivity contribution in [2.45, 2.75) is 26.3 Å². The highest BCUT2D eigenvalue weighted by molar-refractivity contribution is 5.80. The van der Waals surface area contributed by atoms with Gasteiger partial charge in [0.1, 0.15) is 11.6 Å². The van der Waals surface area contributed by atoms with E-state index in [0.29, 0.717) is 12.1 Å². The fraction of sp³-hybridized carbons (Fsp3) is 0.261. The van der Waals surface area contributed by atoms with Gasteiger partial charge in [-0.1, -0.05) is 24.3 Å². The van der Waals surface area contributed by atoms with Crippen molar-refractivity contribution >= 4 is 11.9 Å². The quantitative estimate of drug-likeness (QED) is 0.479. The zero-order valence-electron chi connectivity index (χ0n) is 17.0. The van der Waals surface area contributed by atoms with Crippen LogP contribution in [0, 0.1) is 11.6 Å². The van der Waals surface area contributed by atoms with Crippen LogP contribution in [0.4, 0.5) is 8.78 Å². The number of aromatic nitrogens is 1. The second-order valence-electron chi connectivity index (χ2n) is 6.80. The Morgan fingerprint density at radius 3 is 2.68 bits per heavy atom. The number of ether oxygens (including phenoxy) is 1. The standard InChI is InChI=1S/C23H22F2N2O4/c1-2-27(14-16-6-5-7-17(24)12-16)22(28)15-30-23(29)11-10-21-26-13-20(31-21)18-8-3-4-9-19(18)25/h3-9,12-13H,2,10-11,14-15H2,1H3. The molecule has 0 saturated heterocycles. The summed E-state index contributed by atoms with van der Waals surface area (Å²) in [4.78, 5) is 29.8. The zero-order valence-corrected chi connectivity index (χ0v) is 17.0. The molecule has 0 bridgehead atoms. The fourth-order valence-corrected chi connectivity index (χ4v) is 2.96. The zero-order chi connectivity index (χ0) is 22.2. The lowest BCUT2D eigenvalue weighted by molar-refractivity contribution is -0.152. The predicted molar refractivity (Wildman–Crippen MR) is 109 cm³/mol. The van der Waals surface area contributed by atoms with Crippen LogP contribution < -0.4 is 0 Å². The summed E-state index contributed by atoms with van der Waals surface area (Å²) in [6.07, 6.45) is 1.51. The molecule has 162 valence electrons. The molecule has 31 heavy (non-hydrogen) atoms. The number of carbonyl (C=O) groups excluding carboxylic acids is 2. The Morgan fingerprint density at radius 2 is 1.94 bits per heavy atom. The summed E-state index contributed by atoms with van der Waals surface area (Å²) in [5.41, 5.74) is 0.934. The van der Waals surface area contributed by atoms with Crippen LogP contribution in [-0.2, 0) is 27.3 Å². The van der Waals surface area contributed by atoms with Gasteiger partial charge in [0.25, 0.3) is 5.91 Å². The van der Waals surface area contributed by atoms with Gasteiger partial charge in [0, 0.05) is 19.5 Å². The second kappa shape index (κ2) is 10.5. The van der Waals surface area contributed by atoms with Gasteiger partial charge in [-0.15, -0.1) is 0 Å². The van der Waals surface area contributed by atoms with Crippen LogP contribution in [0.15, 0.2) is 59.1 Å². The third kappa shape index (κ3) is 6.21. The van der Waals surface area contributed by atoms with E-state index < -0.39 is 18.4 Å². The Kier molecular flexibility index (Phi) is 7.48. The summed E-state index contributed by atoms with van der Waals surface area (Å²) in [5, 5.41) is 0. The highest BCUT2D eigenvalue weighted by atomic mass is 19.1. The molecule has 6 nitrogen and oxygen atoms in total. The molecule has 0 aliphatic carbocycles. The number of amides is 1. The number of hydrogen-bond acceptors (Lipinski definition) is 5. The van der Waals surface area contributed by atoms with Gasteiger partial charge in [0.2, 0.25) is 0 Å². The van der Waals surface area contributed by atoms with E-state index in [0.717, 1.165) is 0 Å². The van der Waals surface area contributed by atoms with Gasteiger partial charge in [-0.2, -0.15) is 0 Å². The van der Waals surface area contributed by atoms with E-state index in [1.54, 1.807) is 37.3 Å².